The second-order valence-electron chi connectivity index (χ2n) is 4.60. The summed E-state index contributed by atoms with van der Waals surface area (Å²) in [6.07, 6.45) is 1.25. The van der Waals surface area contributed by atoms with E-state index in [0.717, 1.165) is 0 Å². The highest BCUT2D eigenvalue weighted by molar-refractivity contribution is 7.92. The summed E-state index contributed by atoms with van der Waals surface area (Å²) in [5, 5.41) is 0. The number of oxazole rings is 1. The average Bonchev–Trinajstić information content (AvgIpc) is 2.76. The molecule has 1 aromatic carbocycles. The molecule has 0 saturated carbocycles. The Balaban J connectivity index is 2.03. The maximum absolute atomic E-state index is 12.3. The van der Waals surface area contributed by atoms with Crippen molar-refractivity contribution in [1.29, 1.82) is 0 Å². The number of nitrogens with zero attached hydrogens (tertiary/aromatic N) is 1. The number of anilines is 1. The molecule has 2 N–H and O–H groups in total. The van der Waals surface area contributed by atoms with Crippen LogP contribution in [0, 0.1) is 0 Å². The van der Waals surface area contributed by atoms with Crippen molar-refractivity contribution in [3.05, 3.63) is 57.4 Å². The Kier molecular flexibility index (Phi) is 3.14. The molecule has 8 nitrogen and oxygen atoms in total. The zero-order chi connectivity index (χ0) is 15.9. The molecule has 0 fully saturated rings. The van der Waals surface area contributed by atoms with E-state index in [1.165, 1.54) is 48.1 Å². The summed E-state index contributed by atoms with van der Waals surface area (Å²) in [5.74, 6) is -0.571. The molecule has 9 heteroatoms. The second kappa shape index (κ2) is 4.88. The molecule has 0 aliphatic rings. The van der Waals surface area contributed by atoms with Gasteiger partial charge >= 0.3 is 5.76 Å². The Bertz CT molecular complexity index is 1050. The summed E-state index contributed by atoms with van der Waals surface area (Å²) in [5.41, 5.74) is 0.550. The van der Waals surface area contributed by atoms with Crippen LogP contribution in [0.2, 0.25) is 0 Å². The number of fused-ring (bicyclic) bond motifs is 1. The number of hydrogen-bond acceptors (Lipinski definition) is 5. The molecule has 0 atom stereocenters. The van der Waals surface area contributed by atoms with Crippen molar-refractivity contribution in [3.63, 3.8) is 0 Å². The molecule has 0 unspecified atom stereocenters. The average molecular weight is 321 g/mol. The summed E-state index contributed by atoms with van der Waals surface area (Å²) in [7, 11) is -2.34. The molecule has 3 rings (SSSR count). The summed E-state index contributed by atoms with van der Waals surface area (Å²) in [6.45, 7) is 0. The van der Waals surface area contributed by atoms with Crippen LogP contribution in [-0.2, 0) is 17.1 Å². The third-order valence-corrected chi connectivity index (χ3v) is 4.49. The van der Waals surface area contributed by atoms with E-state index in [4.69, 9.17) is 4.42 Å². The van der Waals surface area contributed by atoms with E-state index in [1.807, 2.05) is 0 Å². The predicted molar refractivity (Wildman–Crippen MR) is 79.3 cm³/mol. The van der Waals surface area contributed by atoms with Crippen LogP contribution in [0.15, 0.2) is 55.4 Å². The van der Waals surface area contributed by atoms with Crippen molar-refractivity contribution in [2.45, 2.75) is 4.90 Å². The number of nitrogens with one attached hydrogen (secondary N) is 2. The Morgan fingerprint density at radius 3 is 2.64 bits per heavy atom. The minimum absolute atomic E-state index is 0.0550. The van der Waals surface area contributed by atoms with E-state index in [-0.39, 0.29) is 21.7 Å². The first-order chi connectivity index (χ1) is 10.4. The number of sulfonamides is 1. The second-order valence-corrected chi connectivity index (χ2v) is 6.29. The van der Waals surface area contributed by atoms with E-state index in [9.17, 15) is 18.0 Å². The van der Waals surface area contributed by atoms with Crippen molar-refractivity contribution in [2.24, 2.45) is 7.05 Å². The quantitative estimate of drug-likeness (QED) is 0.734. The smallest absolute Gasteiger partial charge is 0.408 e. The van der Waals surface area contributed by atoms with E-state index < -0.39 is 15.8 Å². The lowest BCUT2D eigenvalue weighted by atomic mass is 10.3. The molecule has 0 spiro atoms. The molecular weight excluding hydrogens is 310 g/mol. The molecular formula is C13H11N3O5S. The van der Waals surface area contributed by atoms with Crippen molar-refractivity contribution in [2.75, 3.05) is 4.72 Å². The van der Waals surface area contributed by atoms with Gasteiger partial charge in [-0.1, -0.05) is 0 Å². The molecule has 0 bridgehead atoms. The lowest BCUT2D eigenvalue weighted by molar-refractivity contribution is 0.527. The van der Waals surface area contributed by atoms with Crippen molar-refractivity contribution >= 4 is 26.8 Å². The van der Waals surface area contributed by atoms with E-state index in [1.54, 1.807) is 0 Å². The van der Waals surface area contributed by atoms with Gasteiger partial charge in [-0.3, -0.25) is 14.1 Å². The molecule has 2 heterocycles. The van der Waals surface area contributed by atoms with Gasteiger partial charge in [-0.25, -0.2) is 13.2 Å². The van der Waals surface area contributed by atoms with Gasteiger partial charge in [0.25, 0.3) is 10.0 Å². The van der Waals surface area contributed by atoms with Crippen molar-refractivity contribution in [1.82, 2.24) is 9.55 Å². The number of aromatic amines is 1. The zero-order valence-electron chi connectivity index (χ0n) is 11.4. The van der Waals surface area contributed by atoms with Crippen LogP contribution in [0.5, 0.6) is 0 Å². The highest BCUT2D eigenvalue weighted by Gasteiger charge is 2.17. The number of pyridine rings is 1. The number of H-pyrrole nitrogens is 1. The third-order valence-electron chi connectivity index (χ3n) is 3.11. The number of aromatic nitrogens is 2. The normalized spacial score (nSPS) is 11.7. The van der Waals surface area contributed by atoms with Gasteiger partial charge in [0.2, 0.25) is 5.56 Å². The predicted octanol–water partition coefficient (Wildman–Crippen LogP) is 0.621. The van der Waals surface area contributed by atoms with Gasteiger partial charge in [-0.2, -0.15) is 0 Å². The largest absolute Gasteiger partial charge is 0.419 e. The minimum Gasteiger partial charge on any atom is -0.408 e. The molecule has 0 saturated heterocycles. The zero-order valence-corrected chi connectivity index (χ0v) is 12.2. The van der Waals surface area contributed by atoms with Crippen LogP contribution < -0.4 is 16.0 Å². The Labute approximate surface area is 124 Å². The topological polar surface area (TPSA) is 114 Å². The highest BCUT2D eigenvalue weighted by atomic mass is 32.2. The van der Waals surface area contributed by atoms with Crippen molar-refractivity contribution < 1.29 is 12.8 Å². The summed E-state index contributed by atoms with van der Waals surface area (Å²) in [6, 6.07) is 6.67. The molecule has 2 aromatic heterocycles. The number of hydrogen-bond donors (Lipinski definition) is 2. The fourth-order valence-corrected chi connectivity index (χ4v) is 3.03. The molecule has 0 amide bonds. The summed E-state index contributed by atoms with van der Waals surface area (Å²) in [4.78, 5) is 24.7. The van der Waals surface area contributed by atoms with Crippen LogP contribution >= 0.6 is 0 Å². The number of aryl methyl sites for hydroxylation is 1. The van der Waals surface area contributed by atoms with E-state index >= 15 is 0 Å². The van der Waals surface area contributed by atoms with E-state index in [2.05, 4.69) is 9.71 Å². The van der Waals surface area contributed by atoms with Crippen LogP contribution in [-0.4, -0.2) is 18.0 Å². The first kappa shape index (κ1) is 14.1. The SMILES string of the molecule is Cn1c(=O)oc2cc(S(=O)(=O)Nc3ccc(=O)[nH]c3)ccc21. The van der Waals surface area contributed by atoms with Crippen molar-refractivity contribution in [3.8, 4) is 0 Å². The third kappa shape index (κ3) is 2.42. The summed E-state index contributed by atoms with van der Waals surface area (Å²) >= 11 is 0. The fraction of sp³-hybridized carbons (Fsp3) is 0.0769. The number of rotatable bonds is 3. The van der Waals surface area contributed by atoms with Gasteiger partial charge < -0.3 is 9.40 Å². The van der Waals surface area contributed by atoms with Crippen LogP contribution in [0.1, 0.15) is 0 Å². The Morgan fingerprint density at radius 1 is 1.18 bits per heavy atom. The standard InChI is InChI=1S/C13H11N3O5S/c1-16-10-4-3-9(6-11(10)21-13(16)18)22(19,20)15-8-2-5-12(17)14-7-8/h2-7,15H,1H3,(H,14,17). The van der Waals surface area contributed by atoms with Gasteiger partial charge in [0.15, 0.2) is 5.58 Å². The molecule has 0 aliphatic heterocycles. The van der Waals surface area contributed by atoms with Crippen LogP contribution in [0.3, 0.4) is 0 Å². The van der Waals surface area contributed by atoms with E-state index in [0.29, 0.717) is 5.52 Å². The first-order valence-corrected chi connectivity index (χ1v) is 7.66. The lowest BCUT2D eigenvalue weighted by Crippen LogP contribution is -2.14. The Morgan fingerprint density at radius 2 is 1.95 bits per heavy atom. The molecule has 0 radical (unpaired) electrons. The Hall–Kier alpha value is -2.81. The molecule has 22 heavy (non-hydrogen) atoms. The van der Waals surface area contributed by atoms with Crippen LogP contribution in [0.25, 0.3) is 11.1 Å². The van der Waals surface area contributed by atoms with Crippen LogP contribution in [0.4, 0.5) is 5.69 Å². The van der Waals surface area contributed by atoms with Gasteiger partial charge in [0, 0.05) is 25.4 Å². The highest BCUT2D eigenvalue weighted by Crippen LogP contribution is 2.20. The maximum atomic E-state index is 12.3. The maximum Gasteiger partial charge on any atom is 0.419 e. The lowest BCUT2D eigenvalue weighted by Gasteiger charge is -2.07. The molecule has 3 aromatic rings. The van der Waals surface area contributed by atoms with Gasteiger partial charge in [-0.05, 0) is 18.2 Å². The molecule has 0 aliphatic carbocycles. The number of benzene rings is 1. The monoisotopic (exact) mass is 321 g/mol. The summed E-state index contributed by atoms with van der Waals surface area (Å²) < 4.78 is 33.2. The fourth-order valence-electron chi connectivity index (χ4n) is 1.97. The van der Waals surface area contributed by atoms with Gasteiger partial charge in [0.1, 0.15) is 0 Å². The first-order valence-electron chi connectivity index (χ1n) is 6.18. The van der Waals surface area contributed by atoms with Gasteiger partial charge in [-0.15, -0.1) is 0 Å². The van der Waals surface area contributed by atoms with Gasteiger partial charge in [0.05, 0.1) is 16.1 Å². The molecule has 114 valence electrons. The minimum atomic E-state index is -3.86.